The molecule has 0 aliphatic heterocycles. The number of ether oxygens (including phenoxy) is 1. The van der Waals surface area contributed by atoms with Gasteiger partial charge in [-0.15, -0.1) is 5.10 Å². The molecule has 11 heteroatoms. The maximum atomic E-state index is 10.9. The van der Waals surface area contributed by atoms with Crippen molar-refractivity contribution in [2.45, 2.75) is 0 Å². The van der Waals surface area contributed by atoms with E-state index in [2.05, 4.69) is 10.2 Å². The zero-order chi connectivity index (χ0) is 15.3. The zero-order valence-electron chi connectivity index (χ0n) is 10.2. The van der Waals surface area contributed by atoms with Crippen molar-refractivity contribution in [2.75, 3.05) is 7.11 Å². The van der Waals surface area contributed by atoms with Gasteiger partial charge in [-0.1, -0.05) is 0 Å². The van der Waals surface area contributed by atoms with Gasteiger partial charge in [0.25, 0.3) is 5.69 Å². The summed E-state index contributed by atoms with van der Waals surface area (Å²) in [7, 11) is 1.19. The molecule has 0 saturated heterocycles. The number of nitrogens with two attached hydrogens (primary N) is 2. The van der Waals surface area contributed by atoms with E-state index in [1.54, 1.807) is 0 Å². The third kappa shape index (κ3) is 3.38. The Balaban J connectivity index is 3.46. The van der Waals surface area contributed by atoms with Crippen LogP contribution in [0, 0.1) is 20.2 Å². The van der Waals surface area contributed by atoms with E-state index in [9.17, 15) is 20.2 Å². The molecule has 0 amide bonds. The van der Waals surface area contributed by atoms with Gasteiger partial charge in [-0.05, 0) is 0 Å². The van der Waals surface area contributed by atoms with Crippen molar-refractivity contribution in [3.8, 4) is 5.75 Å². The minimum atomic E-state index is -0.802. The molecule has 0 bridgehead atoms. The molecule has 0 radical (unpaired) electrons. The van der Waals surface area contributed by atoms with Gasteiger partial charge in [-0.3, -0.25) is 20.2 Å². The molecule has 0 atom stereocenters. The van der Waals surface area contributed by atoms with E-state index in [0.29, 0.717) is 0 Å². The Morgan fingerprint density at radius 1 is 1.30 bits per heavy atom. The smallest absolute Gasteiger partial charge is 0.318 e. The first kappa shape index (κ1) is 14.8. The Hall–Kier alpha value is -3.24. The Morgan fingerprint density at radius 2 is 1.95 bits per heavy atom. The van der Waals surface area contributed by atoms with Crippen LogP contribution in [0.25, 0.3) is 0 Å². The molecule has 0 aliphatic carbocycles. The van der Waals surface area contributed by atoms with Crippen molar-refractivity contribution in [1.29, 1.82) is 0 Å². The van der Waals surface area contributed by atoms with Crippen LogP contribution in [0.4, 0.5) is 11.4 Å². The molecule has 0 spiro atoms. The quantitative estimate of drug-likeness (QED) is 0.333. The van der Waals surface area contributed by atoms with E-state index in [-0.39, 0.29) is 17.3 Å². The number of hydrogen-bond donors (Lipinski definition) is 2. The molecule has 1 aromatic rings. The lowest BCUT2D eigenvalue weighted by atomic mass is 10.1. The van der Waals surface area contributed by atoms with E-state index in [0.717, 1.165) is 18.3 Å². The Kier molecular flexibility index (Phi) is 4.51. The molecule has 11 nitrogen and oxygen atoms in total. The standard InChI is InChI=1S/C9H10N6O5/c1-20-8-5(4-12-13-9(10)11)2-6(14(16)17)3-7(8)15(18)19/h2-4H,1H3,(H4,10,11,13)/b12-4+. The highest BCUT2D eigenvalue weighted by Gasteiger charge is 2.24. The van der Waals surface area contributed by atoms with Gasteiger partial charge < -0.3 is 16.2 Å². The van der Waals surface area contributed by atoms with Crippen LogP contribution in [0.3, 0.4) is 0 Å². The lowest BCUT2D eigenvalue weighted by Gasteiger charge is -2.04. The Bertz CT molecular complexity index is 607. The number of methoxy groups -OCH3 is 1. The summed E-state index contributed by atoms with van der Waals surface area (Å²) in [6.07, 6.45) is 1.01. The second-order valence-corrected chi connectivity index (χ2v) is 3.37. The fourth-order valence-electron chi connectivity index (χ4n) is 1.34. The molecule has 1 aromatic carbocycles. The molecule has 0 aromatic heterocycles. The summed E-state index contributed by atoms with van der Waals surface area (Å²) in [6.45, 7) is 0. The summed E-state index contributed by atoms with van der Waals surface area (Å²) in [5.74, 6) is -0.518. The van der Waals surface area contributed by atoms with Crippen LogP contribution in [0.2, 0.25) is 0 Å². The molecule has 0 unspecified atom stereocenters. The number of benzene rings is 1. The third-order valence-corrected chi connectivity index (χ3v) is 2.06. The number of hydrogen-bond acceptors (Lipinski definition) is 7. The first-order valence-electron chi connectivity index (χ1n) is 4.99. The van der Waals surface area contributed by atoms with Crippen LogP contribution >= 0.6 is 0 Å². The predicted octanol–water partition coefficient (Wildman–Crippen LogP) is 0.119. The van der Waals surface area contributed by atoms with Crippen molar-refractivity contribution < 1.29 is 14.6 Å². The maximum Gasteiger partial charge on any atom is 0.318 e. The average Bonchev–Trinajstić information content (AvgIpc) is 2.36. The van der Waals surface area contributed by atoms with Crippen molar-refractivity contribution in [2.24, 2.45) is 21.7 Å². The van der Waals surface area contributed by atoms with Gasteiger partial charge >= 0.3 is 5.69 Å². The van der Waals surface area contributed by atoms with Crippen molar-refractivity contribution in [3.63, 3.8) is 0 Å². The van der Waals surface area contributed by atoms with E-state index in [1.165, 1.54) is 7.11 Å². The molecule has 0 fully saturated rings. The van der Waals surface area contributed by atoms with E-state index in [1.807, 2.05) is 0 Å². The summed E-state index contributed by atoms with van der Waals surface area (Å²) >= 11 is 0. The number of rotatable bonds is 5. The van der Waals surface area contributed by atoms with E-state index >= 15 is 0 Å². The lowest BCUT2D eigenvalue weighted by molar-refractivity contribution is -0.394. The molecule has 0 aliphatic rings. The summed E-state index contributed by atoms with van der Waals surface area (Å²) in [5.41, 5.74) is 9.05. The average molecular weight is 282 g/mol. The van der Waals surface area contributed by atoms with Crippen LogP contribution in [-0.2, 0) is 0 Å². The highest BCUT2D eigenvalue weighted by Crippen LogP contribution is 2.34. The third-order valence-electron chi connectivity index (χ3n) is 2.06. The predicted molar refractivity (Wildman–Crippen MR) is 69.7 cm³/mol. The molecule has 106 valence electrons. The van der Waals surface area contributed by atoms with E-state index < -0.39 is 21.2 Å². The minimum absolute atomic E-state index is 0.00148. The summed E-state index contributed by atoms with van der Waals surface area (Å²) in [4.78, 5) is 20.0. The van der Waals surface area contributed by atoms with Crippen LogP contribution in [-0.4, -0.2) is 29.1 Å². The normalized spacial score (nSPS) is 10.2. The Morgan fingerprint density at radius 3 is 2.40 bits per heavy atom. The van der Waals surface area contributed by atoms with Gasteiger partial charge in [0.15, 0.2) is 0 Å². The van der Waals surface area contributed by atoms with Gasteiger partial charge in [0.05, 0.1) is 34.8 Å². The summed E-state index contributed by atoms with van der Waals surface area (Å²) in [6, 6.07) is 1.84. The fourth-order valence-corrected chi connectivity index (χ4v) is 1.34. The van der Waals surface area contributed by atoms with Crippen LogP contribution in [0.15, 0.2) is 22.3 Å². The highest BCUT2D eigenvalue weighted by molar-refractivity contribution is 5.88. The number of nitrogens with zero attached hydrogens (tertiary/aromatic N) is 4. The maximum absolute atomic E-state index is 10.9. The molecule has 0 saturated carbocycles. The largest absolute Gasteiger partial charge is 0.490 e. The molecular weight excluding hydrogens is 272 g/mol. The number of nitro groups is 2. The van der Waals surface area contributed by atoms with Crippen LogP contribution in [0.1, 0.15) is 5.56 Å². The first-order valence-corrected chi connectivity index (χ1v) is 4.99. The highest BCUT2D eigenvalue weighted by atomic mass is 16.6. The summed E-state index contributed by atoms with van der Waals surface area (Å²) in [5, 5.41) is 28.3. The molecule has 4 N–H and O–H groups in total. The van der Waals surface area contributed by atoms with Crippen molar-refractivity contribution >= 4 is 23.5 Å². The van der Waals surface area contributed by atoms with Crippen molar-refractivity contribution in [1.82, 2.24) is 0 Å². The van der Waals surface area contributed by atoms with Crippen LogP contribution in [0.5, 0.6) is 5.75 Å². The molecule has 1 rings (SSSR count). The second-order valence-electron chi connectivity index (χ2n) is 3.37. The molecule has 0 heterocycles. The number of guanidine groups is 1. The van der Waals surface area contributed by atoms with Gasteiger partial charge in [0.1, 0.15) is 0 Å². The van der Waals surface area contributed by atoms with E-state index in [4.69, 9.17) is 16.2 Å². The molecular formula is C9H10N6O5. The van der Waals surface area contributed by atoms with Gasteiger partial charge in [0, 0.05) is 6.07 Å². The van der Waals surface area contributed by atoms with Crippen molar-refractivity contribution in [3.05, 3.63) is 37.9 Å². The second kappa shape index (κ2) is 6.08. The SMILES string of the molecule is COc1c(/C=N/N=C(N)N)cc([N+](=O)[O-])cc1[N+](=O)[O-]. The topological polar surface area (TPSA) is 172 Å². The number of non-ortho nitro benzene ring substituents is 1. The van der Waals surface area contributed by atoms with Crippen LogP contribution < -0.4 is 16.2 Å². The summed E-state index contributed by atoms with van der Waals surface area (Å²) < 4.78 is 4.86. The zero-order valence-corrected chi connectivity index (χ0v) is 10.2. The Labute approximate surface area is 111 Å². The number of nitro benzene ring substituents is 2. The fraction of sp³-hybridized carbons (Fsp3) is 0.111. The van der Waals surface area contributed by atoms with Gasteiger partial charge in [-0.25, -0.2) is 0 Å². The molecule has 20 heavy (non-hydrogen) atoms. The van der Waals surface area contributed by atoms with Gasteiger partial charge in [0.2, 0.25) is 11.7 Å². The van der Waals surface area contributed by atoms with Gasteiger partial charge in [-0.2, -0.15) is 5.10 Å². The monoisotopic (exact) mass is 282 g/mol. The lowest BCUT2D eigenvalue weighted by Crippen LogP contribution is -2.21. The first-order chi connectivity index (χ1) is 9.36. The minimum Gasteiger partial charge on any atom is -0.490 e.